The summed E-state index contributed by atoms with van der Waals surface area (Å²) in [6.45, 7) is 2.49. The van der Waals surface area contributed by atoms with Crippen LogP contribution in [0.1, 0.15) is 12.5 Å². The van der Waals surface area contributed by atoms with Gasteiger partial charge in [-0.15, -0.1) is 0 Å². The highest BCUT2D eigenvalue weighted by molar-refractivity contribution is 5.98. The van der Waals surface area contributed by atoms with Crippen molar-refractivity contribution in [2.45, 2.75) is 13.5 Å². The number of hydrogen-bond donors (Lipinski definition) is 1. The van der Waals surface area contributed by atoms with Gasteiger partial charge in [-0.05, 0) is 18.6 Å². The molecule has 1 aliphatic rings. The number of hydrogen-bond acceptors (Lipinski definition) is 7. The first-order valence-electron chi connectivity index (χ1n) is 6.65. The number of nitrogens with one attached hydrogen (secondary N) is 1. The molecule has 2 heterocycles. The Hall–Kier alpha value is -2.90. The van der Waals surface area contributed by atoms with E-state index in [9.17, 15) is 9.59 Å². The number of carbonyl (C=O) groups excluding carboxylic acids is 1. The van der Waals surface area contributed by atoms with Crippen LogP contribution in [0.3, 0.4) is 0 Å². The maximum absolute atomic E-state index is 11.7. The van der Waals surface area contributed by atoms with Crippen LogP contribution in [0.5, 0.6) is 11.5 Å². The second-order valence-corrected chi connectivity index (χ2v) is 4.54. The average molecular weight is 303 g/mol. The van der Waals surface area contributed by atoms with Crippen molar-refractivity contribution in [1.29, 1.82) is 0 Å². The van der Waals surface area contributed by atoms with Crippen molar-refractivity contribution in [2.24, 2.45) is 10.2 Å². The van der Waals surface area contributed by atoms with Gasteiger partial charge in [0.15, 0.2) is 11.3 Å². The van der Waals surface area contributed by atoms with Crippen molar-refractivity contribution in [3.8, 4) is 11.5 Å². The number of methoxy groups -OCH3 is 1. The molecule has 0 bridgehead atoms. The van der Waals surface area contributed by atoms with Gasteiger partial charge in [-0.25, -0.2) is 9.59 Å². The van der Waals surface area contributed by atoms with Crippen LogP contribution < -0.4 is 20.4 Å². The molecule has 8 heteroatoms. The van der Waals surface area contributed by atoms with Crippen molar-refractivity contribution in [1.82, 2.24) is 5.32 Å². The number of amides is 1. The molecule has 2 aromatic rings. The highest BCUT2D eigenvalue weighted by Gasteiger charge is 2.23. The van der Waals surface area contributed by atoms with Crippen LogP contribution in [0.15, 0.2) is 31.6 Å². The van der Waals surface area contributed by atoms with Crippen LogP contribution in [-0.2, 0) is 6.54 Å². The molecule has 1 N–H and O–H groups in total. The molecule has 0 saturated heterocycles. The topological polar surface area (TPSA) is 102 Å². The Kier molecular flexibility index (Phi) is 3.50. The maximum atomic E-state index is 11.7. The van der Waals surface area contributed by atoms with Crippen LogP contribution >= 0.6 is 0 Å². The van der Waals surface area contributed by atoms with Gasteiger partial charge in [0.25, 0.3) is 0 Å². The molecule has 8 nitrogen and oxygen atoms in total. The predicted molar refractivity (Wildman–Crippen MR) is 77.0 cm³/mol. The Bertz CT molecular complexity index is 840. The van der Waals surface area contributed by atoms with Crippen LogP contribution in [0, 0.1) is 0 Å². The normalized spacial score (nSPS) is 12.3. The van der Waals surface area contributed by atoms with E-state index >= 15 is 0 Å². The molecule has 0 atom stereocenters. The van der Waals surface area contributed by atoms with E-state index < -0.39 is 11.7 Å². The summed E-state index contributed by atoms with van der Waals surface area (Å²) in [4.78, 5) is 23.4. The SMILES string of the molecule is CCNC(=O)Oc1c(OC)cc2c3c(cc(=O)oc13)N=NC2. The molecule has 0 radical (unpaired) electrons. The molecule has 1 amide bonds. The monoisotopic (exact) mass is 303 g/mol. The third-order valence-corrected chi connectivity index (χ3v) is 3.15. The Labute approximate surface area is 124 Å². The van der Waals surface area contributed by atoms with Gasteiger partial charge in [-0.3, -0.25) is 0 Å². The molecule has 1 aliphatic heterocycles. The fourth-order valence-corrected chi connectivity index (χ4v) is 2.27. The molecule has 0 saturated carbocycles. The molecular weight excluding hydrogens is 290 g/mol. The summed E-state index contributed by atoms with van der Waals surface area (Å²) in [7, 11) is 1.44. The Morgan fingerprint density at radius 2 is 2.27 bits per heavy atom. The minimum absolute atomic E-state index is 0.0447. The summed E-state index contributed by atoms with van der Waals surface area (Å²) >= 11 is 0. The molecule has 0 spiro atoms. The molecule has 22 heavy (non-hydrogen) atoms. The molecule has 1 aromatic heterocycles. The third-order valence-electron chi connectivity index (χ3n) is 3.15. The smallest absolute Gasteiger partial charge is 0.412 e. The Morgan fingerprint density at radius 1 is 1.45 bits per heavy atom. The van der Waals surface area contributed by atoms with Gasteiger partial charge in [0, 0.05) is 6.54 Å². The lowest BCUT2D eigenvalue weighted by atomic mass is 10.1. The van der Waals surface area contributed by atoms with Crippen LogP contribution in [-0.4, -0.2) is 19.7 Å². The van der Waals surface area contributed by atoms with Gasteiger partial charge in [0.2, 0.25) is 5.75 Å². The molecule has 114 valence electrons. The van der Waals surface area contributed by atoms with E-state index in [2.05, 4.69) is 15.5 Å². The van der Waals surface area contributed by atoms with Crippen molar-refractivity contribution in [3.63, 3.8) is 0 Å². The number of azo groups is 1. The van der Waals surface area contributed by atoms with E-state index in [0.717, 1.165) is 5.56 Å². The van der Waals surface area contributed by atoms with Gasteiger partial charge in [-0.1, -0.05) is 0 Å². The maximum Gasteiger partial charge on any atom is 0.412 e. The fourth-order valence-electron chi connectivity index (χ4n) is 2.27. The summed E-state index contributed by atoms with van der Waals surface area (Å²) in [5, 5.41) is 11.0. The van der Waals surface area contributed by atoms with E-state index in [0.29, 0.717) is 24.2 Å². The van der Waals surface area contributed by atoms with Gasteiger partial charge in [-0.2, -0.15) is 10.2 Å². The summed E-state index contributed by atoms with van der Waals surface area (Å²) in [6, 6.07) is 2.94. The third kappa shape index (κ3) is 2.28. The van der Waals surface area contributed by atoms with Gasteiger partial charge < -0.3 is 19.2 Å². The molecule has 0 aliphatic carbocycles. The van der Waals surface area contributed by atoms with Crippen molar-refractivity contribution < 1.29 is 18.7 Å². The summed E-state index contributed by atoms with van der Waals surface area (Å²) in [5.74, 6) is 0.328. The first kappa shape index (κ1) is 14.1. The largest absolute Gasteiger partial charge is 0.493 e. The highest BCUT2D eigenvalue weighted by atomic mass is 16.6. The van der Waals surface area contributed by atoms with Crippen LogP contribution in [0.25, 0.3) is 11.0 Å². The van der Waals surface area contributed by atoms with E-state index in [4.69, 9.17) is 13.9 Å². The Balaban J connectivity index is 2.28. The molecule has 0 unspecified atom stereocenters. The first-order valence-corrected chi connectivity index (χ1v) is 6.65. The van der Waals surface area contributed by atoms with Crippen molar-refractivity contribution in [3.05, 3.63) is 28.1 Å². The lowest BCUT2D eigenvalue weighted by Gasteiger charge is -2.16. The van der Waals surface area contributed by atoms with Crippen LogP contribution in [0.2, 0.25) is 0 Å². The van der Waals surface area contributed by atoms with Gasteiger partial charge in [0.1, 0.15) is 5.69 Å². The zero-order valence-corrected chi connectivity index (χ0v) is 12.0. The number of rotatable bonds is 3. The van der Waals surface area contributed by atoms with E-state index in [1.807, 2.05) is 0 Å². The van der Waals surface area contributed by atoms with Crippen molar-refractivity contribution in [2.75, 3.05) is 13.7 Å². The van der Waals surface area contributed by atoms with Gasteiger partial charge in [0.05, 0.1) is 25.1 Å². The first-order chi connectivity index (χ1) is 10.6. The summed E-state index contributed by atoms with van der Waals surface area (Å²) in [5.41, 5.74) is 0.685. The Morgan fingerprint density at radius 3 is 3.00 bits per heavy atom. The number of nitrogens with zero attached hydrogens (tertiary/aromatic N) is 2. The van der Waals surface area contributed by atoms with E-state index in [-0.39, 0.29) is 17.1 Å². The zero-order chi connectivity index (χ0) is 15.7. The number of ether oxygens (including phenoxy) is 2. The van der Waals surface area contributed by atoms with Crippen molar-refractivity contribution >= 4 is 22.7 Å². The van der Waals surface area contributed by atoms with E-state index in [1.165, 1.54) is 13.2 Å². The molecule has 3 rings (SSSR count). The second kappa shape index (κ2) is 5.47. The quantitative estimate of drug-likeness (QED) is 0.877. The summed E-state index contributed by atoms with van der Waals surface area (Å²) < 4.78 is 15.7. The standard InChI is InChI=1S/C14H13N3O5/c1-3-15-14(19)22-12-9(20-2)4-7-6-16-17-8-5-10(18)21-13(12)11(7)8/h4-5H,3,6H2,1-2H3,(H,15,19). The highest BCUT2D eigenvalue weighted by Crippen LogP contribution is 2.43. The molecule has 1 aromatic carbocycles. The lowest BCUT2D eigenvalue weighted by molar-refractivity contribution is 0.199. The minimum Gasteiger partial charge on any atom is -0.493 e. The minimum atomic E-state index is -0.665. The average Bonchev–Trinajstić information content (AvgIpc) is 2.49. The number of carbonyl (C=O) groups is 1. The second-order valence-electron chi connectivity index (χ2n) is 4.54. The zero-order valence-electron chi connectivity index (χ0n) is 12.0. The molecular formula is C14H13N3O5. The molecule has 0 fully saturated rings. The van der Waals surface area contributed by atoms with E-state index in [1.54, 1.807) is 13.0 Å². The lowest BCUT2D eigenvalue weighted by Crippen LogP contribution is -2.26. The van der Waals surface area contributed by atoms with Gasteiger partial charge >= 0.3 is 11.7 Å². The fraction of sp³-hybridized carbons (Fsp3) is 0.286. The van der Waals surface area contributed by atoms with Crippen LogP contribution in [0.4, 0.5) is 10.5 Å². The summed E-state index contributed by atoms with van der Waals surface area (Å²) in [6.07, 6.45) is -0.665. The number of benzene rings is 1. The predicted octanol–water partition coefficient (Wildman–Crippen LogP) is 2.51.